The summed E-state index contributed by atoms with van der Waals surface area (Å²) < 4.78 is 1.35. The molecule has 2 amide bonds. The highest BCUT2D eigenvalue weighted by atomic mass is 16.2. The second kappa shape index (κ2) is 7.44. The molecule has 1 N–H and O–H groups in total. The number of carbonyl (C=O) groups excluding carboxylic acids is 2. The summed E-state index contributed by atoms with van der Waals surface area (Å²) in [5.41, 5.74) is 0.284. The van der Waals surface area contributed by atoms with Gasteiger partial charge in [-0.3, -0.25) is 14.4 Å². The third kappa shape index (κ3) is 4.21. The largest absolute Gasteiger partial charge is 0.339 e. The molecule has 0 unspecified atom stereocenters. The van der Waals surface area contributed by atoms with E-state index in [1.165, 1.54) is 10.6 Å². The number of hydrogen-bond donors (Lipinski definition) is 1. The minimum atomic E-state index is -0.314. The van der Waals surface area contributed by atoms with Crippen LogP contribution in [-0.2, 0) is 11.8 Å². The van der Waals surface area contributed by atoms with Crippen molar-refractivity contribution in [2.24, 2.45) is 13.0 Å². The predicted molar refractivity (Wildman–Crippen MR) is 89.5 cm³/mol. The Morgan fingerprint density at radius 2 is 1.74 bits per heavy atom. The van der Waals surface area contributed by atoms with E-state index in [2.05, 4.69) is 5.32 Å². The molecular weight excluding hydrogens is 294 g/mol. The Balaban J connectivity index is 2.28. The predicted octanol–water partition coefficient (Wildman–Crippen LogP) is 2.00. The van der Waals surface area contributed by atoms with E-state index in [-0.39, 0.29) is 29.0 Å². The van der Waals surface area contributed by atoms with Crippen LogP contribution in [0.25, 0.3) is 0 Å². The normalized spacial score (nSPS) is 15.4. The fraction of sp³-hybridized carbons (Fsp3) is 0.588. The van der Waals surface area contributed by atoms with Crippen molar-refractivity contribution in [1.82, 2.24) is 9.47 Å². The molecule has 2 heterocycles. The quantitative estimate of drug-likeness (QED) is 0.926. The Morgan fingerprint density at radius 3 is 2.30 bits per heavy atom. The topological polar surface area (TPSA) is 71.4 Å². The van der Waals surface area contributed by atoms with Gasteiger partial charge in [0.05, 0.1) is 5.56 Å². The zero-order valence-electron chi connectivity index (χ0n) is 14.1. The molecule has 1 aromatic rings. The van der Waals surface area contributed by atoms with Crippen LogP contribution in [0.1, 0.15) is 49.9 Å². The smallest absolute Gasteiger partial charge is 0.274 e. The van der Waals surface area contributed by atoms with Gasteiger partial charge in [0.2, 0.25) is 5.91 Å². The third-order valence-corrected chi connectivity index (χ3v) is 4.11. The lowest BCUT2D eigenvalue weighted by Crippen LogP contribution is -2.34. The Hall–Kier alpha value is -2.11. The summed E-state index contributed by atoms with van der Waals surface area (Å²) >= 11 is 0. The molecule has 0 saturated carbocycles. The van der Waals surface area contributed by atoms with E-state index in [1.54, 1.807) is 27.1 Å². The summed E-state index contributed by atoms with van der Waals surface area (Å²) in [6.45, 7) is 5.00. The van der Waals surface area contributed by atoms with Crippen LogP contribution < -0.4 is 10.9 Å². The highest BCUT2D eigenvalue weighted by Crippen LogP contribution is 2.15. The van der Waals surface area contributed by atoms with Crippen molar-refractivity contribution >= 4 is 17.5 Å². The number of nitrogens with one attached hydrogen (secondary N) is 1. The summed E-state index contributed by atoms with van der Waals surface area (Å²) in [7, 11) is 1.59. The molecule has 126 valence electrons. The van der Waals surface area contributed by atoms with Crippen molar-refractivity contribution in [3.8, 4) is 0 Å². The van der Waals surface area contributed by atoms with Crippen LogP contribution in [0.15, 0.2) is 17.1 Å². The van der Waals surface area contributed by atoms with Crippen LogP contribution in [0.4, 0.5) is 5.69 Å². The van der Waals surface area contributed by atoms with E-state index < -0.39 is 0 Å². The molecule has 1 aromatic heterocycles. The molecule has 6 nitrogen and oxygen atoms in total. The van der Waals surface area contributed by atoms with E-state index in [0.717, 1.165) is 38.8 Å². The average Bonchev–Trinajstić information content (AvgIpc) is 2.79. The number of hydrogen-bond acceptors (Lipinski definition) is 3. The van der Waals surface area contributed by atoms with Gasteiger partial charge in [-0.2, -0.15) is 0 Å². The molecule has 1 aliphatic heterocycles. The van der Waals surface area contributed by atoms with Crippen molar-refractivity contribution in [1.29, 1.82) is 0 Å². The minimum Gasteiger partial charge on any atom is -0.339 e. The van der Waals surface area contributed by atoms with Gasteiger partial charge in [0.1, 0.15) is 5.69 Å². The van der Waals surface area contributed by atoms with Gasteiger partial charge in [-0.05, 0) is 18.9 Å². The van der Waals surface area contributed by atoms with Gasteiger partial charge in [0.15, 0.2) is 0 Å². The van der Waals surface area contributed by atoms with Crippen molar-refractivity contribution in [3.05, 3.63) is 28.2 Å². The molecular formula is C17H25N3O3. The molecule has 2 rings (SSSR count). The fourth-order valence-electron chi connectivity index (χ4n) is 2.65. The number of pyridine rings is 1. The number of anilines is 1. The molecule has 0 bridgehead atoms. The van der Waals surface area contributed by atoms with Crippen LogP contribution in [0, 0.1) is 5.92 Å². The van der Waals surface area contributed by atoms with E-state index in [4.69, 9.17) is 0 Å². The summed E-state index contributed by atoms with van der Waals surface area (Å²) in [5.74, 6) is -0.548. The maximum atomic E-state index is 12.7. The van der Waals surface area contributed by atoms with Crippen LogP contribution in [-0.4, -0.2) is 34.4 Å². The first-order valence-corrected chi connectivity index (χ1v) is 8.21. The lowest BCUT2D eigenvalue weighted by Gasteiger charge is -2.21. The van der Waals surface area contributed by atoms with Gasteiger partial charge in [-0.15, -0.1) is 0 Å². The highest BCUT2D eigenvalue weighted by molar-refractivity contribution is 5.97. The Labute approximate surface area is 136 Å². The number of aryl methyl sites for hydroxylation is 1. The second-order valence-electron chi connectivity index (χ2n) is 6.41. The first-order valence-electron chi connectivity index (χ1n) is 8.21. The van der Waals surface area contributed by atoms with Crippen LogP contribution in [0.2, 0.25) is 0 Å². The van der Waals surface area contributed by atoms with Crippen molar-refractivity contribution in [3.63, 3.8) is 0 Å². The molecule has 0 aromatic carbocycles. The summed E-state index contributed by atoms with van der Waals surface area (Å²) in [4.78, 5) is 38.5. The van der Waals surface area contributed by atoms with E-state index in [0.29, 0.717) is 5.56 Å². The number of likely N-dealkylation sites (tertiary alicyclic amines) is 1. The lowest BCUT2D eigenvalue weighted by atomic mass is 10.2. The molecule has 1 fully saturated rings. The summed E-state index contributed by atoms with van der Waals surface area (Å²) in [6, 6.07) is 1.50. The van der Waals surface area contributed by atoms with Gasteiger partial charge in [0, 0.05) is 32.3 Å². The summed E-state index contributed by atoms with van der Waals surface area (Å²) in [5, 5.41) is 2.62. The van der Waals surface area contributed by atoms with Gasteiger partial charge in [-0.25, -0.2) is 0 Å². The van der Waals surface area contributed by atoms with Gasteiger partial charge < -0.3 is 14.8 Å². The molecule has 1 saturated heterocycles. The molecule has 0 aliphatic carbocycles. The van der Waals surface area contributed by atoms with Crippen molar-refractivity contribution < 1.29 is 9.59 Å². The van der Waals surface area contributed by atoms with Crippen molar-refractivity contribution in [2.45, 2.75) is 39.5 Å². The second-order valence-corrected chi connectivity index (χ2v) is 6.41. The monoisotopic (exact) mass is 319 g/mol. The molecule has 1 aliphatic rings. The number of carbonyl (C=O) groups is 2. The zero-order chi connectivity index (χ0) is 17.0. The van der Waals surface area contributed by atoms with Crippen LogP contribution in [0.5, 0.6) is 0 Å². The molecule has 0 radical (unpaired) electrons. The van der Waals surface area contributed by atoms with Gasteiger partial charge in [0.25, 0.3) is 11.5 Å². The van der Waals surface area contributed by atoms with Crippen LogP contribution in [0.3, 0.4) is 0 Å². The Kier molecular flexibility index (Phi) is 5.58. The maximum Gasteiger partial charge on any atom is 0.274 e. The first-order chi connectivity index (χ1) is 10.9. The highest BCUT2D eigenvalue weighted by Gasteiger charge is 2.20. The third-order valence-electron chi connectivity index (χ3n) is 4.11. The van der Waals surface area contributed by atoms with Crippen molar-refractivity contribution in [2.75, 3.05) is 18.4 Å². The lowest BCUT2D eigenvalue weighted by molar-refractivity contribution is -0.118. The van der Waals surface area contributed by atoms with E-state index >= 15 is 0 Å². The Bertz CT molecular complexity index is 641. The standard InChI is InChI=1S/C17H25N3O3/c1-12(2)15(21)18-14-10-13(11-19(3)17(14)23)16(22)20-8-6-4-5-7-9-20/h10-12H,4-9H2,1-3H3,(H,18,21). The number of rotatable bonds is 3. The van der Waals surface area contributed by atoms with E-state index in [9.17, 15) is 14.4 Å². The van der Waals surface area contributed by atoms with Gasteiger partial charge in [-0.1, -0.05) is 26.7 Å². The van der Waals surface area contributed by atoms with Gasteiger partial charge >= 0.3 is 0 Å². The average molecular weight is 319 g/mol. The number of nitrogens with zero attached hydrogens (tertiary/aromatic N) is 2. The SMILES string of the molecule is CC(C)C(=O)Nc1cc(C(=O)N2CCCCCC2)cn(C)c1=O. The first kappa shape index (κ1) is 17.2. The van der Waals surface area contributed by atoms with E-state index in [1.807, 2.05) is 4.90 Å². The molecule has 6 heteroatoms. The minimum absolute atomic E-state index is 0.0810. The number of amides is 2. The Morgan fingerprint density at radius 1 is 1.13 bits per heavy atom. The molecule has 0 spiro atoms. The molecule has 0 atom stereocenters. The fourth-order valence-corrected chi connectivity index (χ4v) is 2.65. The summed E-state index contributed by atoms with van der Waals surface area (Å²) in [6.07, 6.45) is 5.85. The number of aromatic nitrogens is 1. The zero-order valence-corrected chi connectivity index (χ0v) is 14.1. The molecule has 23 heavy (non-hydrogen) atoms. The maximum absolute atomic E-state index is 12.7. The van der Waals surface area contributed by atoms with Crippen LogP contribution >= 0.6 is 0 Å².